The van der Waals surface area contributed by atoms with Crippen LogP contribution in [0.4, 0.5) is 24.7 Å². The van der Waals surface area contributed by atoms with E-state index >= 15 is 0 Å². The number of halogens is 5. The van der Waals surface area contributed by atoms with Crippen molar-refractivity contribution in [1.29, 1.82) is 0 Å². The number of ether oxygens (including phenoxy) is 2. The summed E-state index contributed by atoms with van der Waals surface area (Å²) < 4.78 is 54.5. The van der Waals surface area contributed by atoms with Gasteiger partial charge in [0.15, 0.2) is 0 Å². The second kappa shape index (κ2) is 13.8. The lowest BCUT2D eigenvalue weighted by Gasteiger charge is -2.23. The number of pyridine rings is 2. The van der Waals surface area contributed by atoms with Crippen molar-refractivity contribution >= 4 is 45.6 Å². The van der Waals surface area contributed by atoms with E-state index in [2.05, 4.69) is 15.6 Å². The molecule has 1 fully saturated rings. The molecule has 0 unspecified atom stereocenters. The molecule has 15 heteroatoms. The molecule has 0 atom stereocenters. The third kappa shape index (κ3) is 6.76. The molecule has 49 heavy (non-hydrogen) atoms. The molecule has 2 N–H and O–H groups in total. The van der Waals surface area contributed by atoms with E-state index in [1.165, 1.54) is 20.2 Å². The SMILES string of the molecule is COc1nc(-c2cccc(-c3cccc(Nc4nc(C(F)(F)F)cc5c4c(=O)n(C)c(=O)n5C)c3Cl)c2Cl)ccc1CNC1CCOCC1. The molecule has 5 aromatic rings. The Kier molecular flexibility index (Phi) is 9.72. The zero-order valence-corrected chi connectivity index (χ0v) is 28.1. The fourth-order valence-corrected chi connectivity index (χ4v) is 6.41. The number of fused-ring (bicyclic) bond motifs is 1. The van der Waals surface area contributed by atoms with Crippen LogP contribution in [0.25, 0.3) is 33.3 Å². The van der Waals surface area contributed by atoms with Gasteiger partial charge in [0.1, 0.15) is 16.9 Å². The van der Waals surface area contributed by atoms with E-state index in [9.17, 15) is 22.8 Å². The summed E-state index contributed by atoms with van der Waals surface area (Å²) >= 11 is 13.9. The highest BCUT2D eigenvalue weighted by Gasteiger charge is 2.34. The summed E-state index contributed by atoms with van der Waals surface area (Å²) in [6.45, 7) is 2.03. The molecule has 1 aliphatic rings. The highest BCUT2D eigenvalue weighted by molar-refractivity contribution is 6.39. The summed E-state index contributed by atoms with van der Waals surface area (Å²) in [5.41, 5.74) is 0.0534. The Balaban J connectivity index is 1.37. The van der Waals surface area contributed by atoms with Crippen molar-refractivity contribution in [2.45, 2.75) is 31.6 Å². The van der Waals surface area contributed by atoms with Crippen LogP contribution >= 0.6 is 23.2 Å². The fourth-order valence-electron chi connectivity index (χ4n) is 5.81. The van der Waals surface area contributed by atoms with Crippen molar-refractivity contribution in [2.75, 3.05) is 25.6 Å². The van der Waals surface area contributed by atoms with Crippen LogP contribution in [0, 0.1) is 0 Å². The average molecular weight is 716 g/mol. The molecule has 0 aliphatic carbocycles. The molecule has 2 aromatic carbocycles. The molecule has 3 aromatic heterocycles. The Morgan fingerprint density at radius 1 is 0.939 bits per heavy atom. The molecule has 256 valence electrons. The van der Waals surface area contributed by atoms with E-state index in [1.54, 1.807) is 31.4 Å². The Labute approximate surface area is 288 Å². The van der Waals surface area contributed by atoms with E-state index in [-0.39, 0.29) is 21.6 Å². The van der Waals surface area contributed by atoms with Crippen LogP contribution in [0.2, 0.25) is 10.0 Å². The van der Waals surface area contributed by atoms with Crippen molar-refractivity contribution in [3.63, 3.8) is 0 Å². The number of rotatable bonds is 8. The Morgan fingerprint density at radius 2 is 1.61 bits per heavy atom. The highest BCUT2D eigenvalue weighted by Crippen LogP contribution is 2.42. The van der Waals surface area contributed by atoms with E-state index in [0.29, 0.717) is 51.9 Å². The van der Waals surface area contributed by atoms with Crippen molar-refractivity contribution < 1.29 is 22.6 Å². The summed E-state index contributed by atoms with van der Waals surface area (Å²) in [5.74, 6) is 0.0369. The topological polar surface area (TPSA) is 112 Å². The first-order valence-electron chi connectivity index (χ1n) is 15.3. The minimum absolute atomic E-state index is 0.107. The van der Waals surface area contributed by atoms with Crippen LogP contribution in [0.15, 0.2) is 64.2 Å². The maximum absolute atomic E-state index is 13.9. The van der Waals surface area contributed by atoms with Gasteiger partial charge < -0.3 is 20.1 Å². The first kappa shape index (κ1) is 34.4. The van der Waals surface area contributed by atoms with Crippen molar-refractivity contribution in [3.05, 3.63) is 96.7 Å². The zero-order valence-electron chi connectivity index (χ0n) is 26.6. The molecular weight excluding hydrogens is 684 g/mol. The van der Waals surface area contributed by atoms with E-state index < -0.39 is 28.9 Å². The third-order valence-corrected chi connectivity index (χ3v) is 9.31. The summed E-state index contributed by atoms with van der Waals surface area (Å²) in [5, 5.41) is 6.57. The number of aromatic nitrogens is 4. The summed E-state index contributed by atoms with van der Waals surface area (Å²) in [6, 6.07) is 15.0. The lowest BCUT2D eigenvalue weighted by Crippen LogP contribution is -2.37. The molecule has 0 spiro atoms. The first-order chi connectivity index (χ1) is 23.4. The van der Waals surface area contributed by atoms with Gasteiger partial charge in [-0.1, -0.05) is 59.6 Å². The fraction of sp³-hybridized carbons (Fsp3) is 0.294. The van der Waals surface area contributed by atoms with Gasteiger partial charge in [0, 0.05) is 62.1 Å². The van der Waals surface area contributed by atoms with Gasteiger partial charge in [-0.3, -0.25) is 13.9 Å². The van der Waals surface area contributed by atoms with Gasteiger partial charge in [0.05, 0.1) is 34.1 Å². The van der Waals surface area contributed by atoms with Crippen molar-refractivity contribution in [2.24, 2.45) is 14.1 Å². The molecule has 0 radical (unpaired) electrons. The second-order valence-corrected chi connectivity index (χ2v) is 12.3. The van der Waals surface area contributed by atoms with Crippen LogP contribution in [-0.4, -0.2) is 45.5 Å². The molecule has 0 bridgehead atoms. The molecule has 1 saturated heterocycles. The van der Waals surface area contributed by atoms with Gasteiger partial charge in [-0.15, -0.1) is 0 Å². The van der Waals surface area contributed by atoms with Crippen molar-refractivity contribution in [3.8, 4) is 28.3 Å². The Morgan fingerprint density at radius 3 is 2.31 bits per heavy atom. The lowest BCUT2D eigenvalue weighted by atomic mass is 10.00. The smallest absolute Gasteiger partial charge is 0.433 e. The number of aryl methyl sites for hydroxylation is 1. The maximum Gasteiger partial charge on any atom is 0.433 e. The summed E-state index contributed by atoms with van der Waals surface area (Å²) in [7, 11) is 4.06. The van der Waals surface area contributed by atoms with Gasteiger partial charge in [-0.05, 0) is 31.0 Å². The second-order valence-electron chi connectivity index (χ2n) is 11.5. The quantitative estimate of drug-likeness (QED) is 0.183. The highest BCUT2D eigenvalue weighted by atomic mass is 35.5. The molecule has 1 aliphatic heterocycles. The minimum Gasteiger partial charge on any atom is -0.481 e. The minimum atomic E-state index is -4.86. The number of benzene rings is 2. The third-order valence-electron chi connectivity index (χ3n) is 8.49. The van der Waals surface area contributed by atoms with Crippen LogP contribution in [-0.2, 0) is 31.6 Å². The summed E-state index contributed by atoms with van der Waals surface area (Å²) in [4.78, 5) is 34.2. The van der Waals surface area contributed by atoms with E-state index in [4.69, 9.17) is 37.7 Å². The van der Waals surface area contributed by atoms with Gasteiger partial charge in [0.2, 0.25) is 5.88 Å². The van der Waals surface area contributed by atoms with Crippen molar-refractivity contribution in [1.82, 2.24) is 24.4 Å². The molecule has 0 saturated carbocycles. The lowest BCUT2D eigenvalue weighted by molar-refractivity contribution is -0.141. The molecule has 4 heterocycles. The normalized spacial score (nSPS) is 14.0. The first-order valence-corrected chi connectivity index (χ1v) is 16.0. The van der Waals surface area contributed by atoms with Crippen LogP contribution in [0.3, 0.4) is 0 Å². The number of nitrogens with zero attached hydrogens (tertiary/aromatic N) is 4. The molecule has 0 amide bonds. The monoisotopic (exact) mass is 714 g/mol. The molecule has 6 rings (SSSR count). The number of alkyl halides is 3. The number of methoxy groups -OCH3 is 1. The standard InChI is InChI=1S/C34H31Cl2F3N6O4/c1-44-25-16-26(34(37,38)39)43-30(27(25)32(46)45(2)33(44)47)41-24-9-5-7-21(29(24)36)20-6-4-8-22(28(20)35)23-11-10-18(31(42-23)48-3)17-40-19-12-14-49-15-13-19/h4-11,16,19,40H,12-15,17H2,1-3H3,(H,41,43). The number of nitrogens with one attached hydrogen (secondary N) is 2. The van der Waals surface area contributed by atoms with E-state index in [1.807, 2.05) is 18.2 Å². The number of hydrogen-bond acceptors (Lipinski definition) is 8. The van der Waals surface area contributed by atoms with Crippen LogP contribution in [0.5, 0.6) is 5.88 Å². The Hall–Kier alpha value is -4.43. The Bertz CT molecular complexity index is 2180. The van der Waals surface area contributed by atoms with Gasteiger partial charge in [-0.25, -0.2) is 14.8 Å². The maximum atomic E-state index is 13.9. The zero-order chi connectivity index (χ0) is 35.0. The predicted molar refractivity (Wildman–Crippen MR) is 183 cm³/mol. The molecule has 10 nitrogen and oxygen atoms in total. The summed E-state index contributed by atoms with van der Waals surface area (Å²) in [6.07, 6.45) is -3.00. The average Bonchev–Trinajstić information content (AvgIpc) is 3.09. The van der Waals surface area contributed by atoms with Crippen LogP contribution in [0.1, 0.15) is 24.1 Å². The van der Waals surface area contributed by atoms with Crippen LogP contribution < -0.4 is 26.6 Å². The van der Waals surface area contributed by atoms with Gasteiger partial charge >= 0.3 is 11.9 Å². The van der Waals surface area contributed by atoms with Gasteiger partial charge in [0.25, 0.3) is 5.56 Å². The predicted octanol–water partition coefficient (Wildman–Crippen LogP) is 6.71. The largest absolute Gasteiger partial charge is 0.481 e. The van der Waals surface area contributed by atoms with Gasteiger partial charge in [-0.2, -0.15) is 13.2 Å². The van der Waals surface area contributed by atoms with E-state index in [0.717, 1.165) is 40.8 Å². The molecular formula is C34H31Cl2F3N6O4. The number of hydrogen-bond donors (Lipinski definition) is 2. The number of anilines is 2.